The Morgan fingerprint density at radius 3 is 2.79 bits per heavy atom. The largest absolute Gasteiger partial charge is 0.382 e. The number of nitrogens with one attached hydrogen (secondary N) is 1. The zero-order valence-corrected chi connectivity index (χ0v) is 17.8. The second-order valence-corrected chi connectivity index (χ2v) is 10.1. The van der Waals surface area contributed by atoms with E-state index in [1.54, 1.807) is 23.6 Å². The molecule has 1 amide bonds. The lowest BCUT2D eigenvalue weighted by Gasteiger charge is -2.08. The maximum atomic E-state index is 12.5. The third-order valence-electron chi connectivity index (χ3n) is 3.60. The quantitative estimate of drug-likeness (QED) is 0.431. The monoisotopic (exact) mass is 454 g/mol. The van der Waals surface area contributed by atoms with Gasteiger partial charge in [-0.1, -0.05) is 35.5 Å². The molecule has 0 saturated heterocycles. The molecule has 0 unspecified atom stereocenters. The van der Waals surface area contributed by atoms with Crippen LogP contribution in [0.3, 0.4) is 0 Å². The number of nitrogen functional groups attached to an aromatic ring is 1. The molecule has 7 nitrogen and oxygen atoms in total. The van der Waals surface area contributed by atoms with Crippen molar-refractivity contribution in [3.05, 3.63) is 52.5 Å². The molecule has 3 N–H and O–H groups in total. The molecule has 3 rings (SSSR count). The number of hydrogen-bond acceptors (Lipinski definition) is 8. The molecule has 2 aromatic heterocycles. The molecule has 0 radical (unpaired) electrons. The summed E-state index contributed by atoms with van der Waals surface area (Å²) in [5.41, 5.74) is 7.32. The fourth-order valence-electron chi connectivity index (χ4n) is 2.17. The topological polar surface area (TPSA) is 115 Å². The van der Waals surface area contributed by atoms with Crippen molar-refractivity contribution < 1.29 is 13.2 Å². The van der Waals surface area contributed by atoms with E-state index in [2.05, 4.69) is 15.3 Å². The summed E-state index contributed by atoms with van der Waals surface area (Å²) in [4.78, 5) is 20.0. The van der Waals surface area contributed by atoms with Crippen LogP contribution in [0.25, 0.3) is 0 Å². The second kappa shape index (κ2) is 8.48. The van der Waals surface area contributed by atoms with Crippen LogP contribution in [0.5, 0.6) is 0 Å². The van der Waals surface area contributed by atoms with Crippen molar-refractivity contribution in [2.75, 3.05) is 16.8 Å². The highest BCUT2D eigenvalue weighted by atomic mass is 35.5. The van der Waals surface area contributed by atoms with Crippen LogP contribution in [0.15, 0.2) is 56.2 Å². The first-order valence-corrected chi connectivity index (χ1v) is 11.6. The lowest BCUT2D eigenvalue weighted by Crippen LogP contribution is -2.14. The first kappa shape index (κ1) is 20.6. The first-order valence-electron chi connectivity index (χ1n) is 7.87. The predicted molar refractivity (Wildman–Crippen MR) is 112 cm³/mol. The Morgan fingerprint density at radius 2 is 2.14 bits per heavy atom. The number of aromatic nitrogens is 2. The molecule has 0 aliphatic carbocycles. The average Bonchev–Trinajstić information content (AvgIpc) is 3.18. The molecular formula is C17H15ClN4O3S3. The number of halogens is 1. The van der Waals surface area contributed by atoms with E-state index in [1.807, 2.05) is 13.0 Å². The van der Waals surface area contributed by atoms with Gasteiger partial charge in [-0.2, -0.15) is 0 Å². The molecule has 0 aliphatic rings. The van der Waals surface area contributed by atoms with Crippen molar-refractivity contribution in [2.45, 2.75) is 21.2 Å². The minimum atomic E-state index is -3.76. The highest BCUT2D eigenvalue weighted by molar-refractivity contribution is 7.99. The molecule has 0 saturated carbocycles. The van der Waals surface area contributed by atoms with Crippen LogP contribution in [0.4, 0.5) is 11.5 Å². The Labute approximate surface area is 175 Å². The summed E-state index contributed by atoms with van der Waals surface area (Å²) in [5, 5.41) is 5.15. The number of thioether (sulfide) groups is 1. The number of thiophene rings is 1. The summed E-state index contributed by atoms with van der Waals surface area (Å²) in [6.07, 6.45) is 1.16. The standard InChI is InChI=1S/C17H15ClN4O3S3/c1-10-4-5-11(7-12(10)18)21-14(23)9-27-17-20-8-13(16(19)22-17)28(24,25)15-3-2-6-26-15/h2-8H,9H2,1H3,(H,21,23)(H2,19,20,22). The molecule has 0 spiro atoms. The first-order chi connectivity index (χ1) is 13.3. The lowest BCUT2D eigenvalue weighted by molar-refractivity contribution is -0.113. The molecule has 0 bridgehead atoms. The average molecular weight is 455 g/mol. The summed E-state index contributed by atoms with van der Waals surface area (Å²) in [5.74, 6) is -0.402. The Balaban J connectivity index is 1.66. The van der Waals surface area contributed by atoms with Crippen LogP contribution in [-0.4, -0.2) is 30.0 Å². The number of rotatable bonds is 6. The van der Waals surface area contributed by atoms with Gasteiger partial charge >= 0.3 is 0 Å². The molecule has 3 aromatic rings. The van der Waals surface area contributed by atoms with Crippen molar-refractivity contribution in [1.29, 1.82) is 0 Å². The molecule has 0 atom stereocenters. The minimum absolute atomic E-state index is 0.0297. The third kappa shape index (κ3) is 4.64. The number of anilines is 2. The minimum Gasteiger partial charge on any atom is -0.382 e. The summed E-state index contributed by atoms with van der Waals surface area (Å²) in [6, 6.07) is 8.35. The Bertz CT molecular complexity index is 1120. The van der Waals surface area contributed by atoms with Gasteiger partial charge in [0, 0.05) is 10.7 Å². The highest BCUT2D eigenvalue weighted by Gasteiger charge is 2.23. The van der Waals surface area contributed by atoms with Gasteiger partial charge in [-0.25, -0.2) is 18.4 Å². The number of sulfone groups is 1. The van der Waals surface area contributed by atoms with Gasteiger partial charge in [-0.15, -0.1) is 11.3 Å². The molecule has 28 heavy (non-hydrogen) atoms. The second-order valence-electron chi connectivity index (χ2n) is 5.64. The summed E-state index contributed by atoms with van der Waals surface area (Å²) < 4.78 is 25.2. The van der Waals surface area contributed by atoms with E-state index < -0.39 is 9.84 Å². The molecule has 2 heterocycles. The normalized spacial score (nSPS) is 11.4. The van der Waals surface area contributed by atoms with Crippen LogP contribution >= 0.6 is 34.7 Å². The molecule has 11 heteroatoms. The van der Waals surface area contributed by atoms with Crippen LogP contribution < -0.4 is 11.1 Å². The van der Waals surface area contributed by atoms with Gasteiger partial charge in [0.25, 0.3) is 0 Å². The van der Waals surface area contributed by atoms with Gasteiger partial charge in [0.2, 0.25) is 15.7 Å². The van der Waals surface area contributed by atoms with E-state index >= 15 is 0 Å². The van der Waals surface area contributed by atoms with Crippen molar-refractivity contribution in [1.82, 2.24) is 9.97 Å². The summed E-state index contributed by atoms with van der Waals surface area (Å²) in [7, 11) is -3.76. The van der Waals surface area contributed by atoms with Crippen LogP contribution in [-0.2, 0) is 14.6 Å². The van der Waals surface area contributed by atoms with Crippen molar-refractivity contribution in [2.24, 2.45) is 0 Å². The molecule has 146 valence electrons. The predicted octanol–water partition coefficient (Wildman–Crippen LogP) is 3.65. The van der Waals surface area contributed by atoms with Gasteiger partial charge < -0.3 is 11.1 Å². The lowest BCUT2D eigenvalue weighted by atomic mass is 10.2. The number of hydrogen-bond donors (Lipinski definition) is 2. The molecular weight excluding hydrogens is 440 g/mol. The number of carbonyl (C=O) groups excluding carboxylic acids is 1. The Hall–Kier alpha value is -2.14. The van der Waals surface area contributed by atoms with E-state index in [4.69, 9.17) is 17.3 Å². The zero-order valence-electron chi connectivity index (χ0n) is 14.5. The van der Waals surface area contributed by atoms with E-state index in [1.165, 1.54) is 6.07 Å². The fourth-order valence-corrected chi connectivity index (χ4v) is 5.35. The SMILES string of the molecule is Cc1ccc(NC(=O)CSc2ncc(S(=O)(=O)c3cccs3)c(N)n2)cc1Cl. The van der Waals surface area contributed by atoms with Crippen molar-refractivity contribution >= 4 is 61.9 Å². The fraction of sp³-hybridized carbons (Fsp3) is 0.118. The number of nitrogens with zero attached hydrogens (tertiary/aromatic N) is 2. The van der Waals surface area contributed by atoms with E-state index in [-0.39, 0.29) is 31.7 Å². The maximum absolute atomic E-state index is 12.5. The molecule has 0 aliphatic heterocycles. The van der Waals surface area contributed by atoms with E-state index in [0.717, 1.165) is 34.9 Å². The van der Waals surface area contributed by atoms with Crippen LogP contribution in [0.1, 0.15) is 5.56 Å². The van der Waals surface area contributed by atoms with Crippen LogP contribution in [0, 0.1) is 6.92 Å². The van der Waals surface area contributed by atoms with Gasteiger partial charge in [0.1, 0.15) is 14.9 Å². The summed E-state index contributed by atoms with van der Waals surface area (Å²) >= 11 is 8.17. The van der Waals surface area contributed by atoms with Gasteiger partial charge in [0.05, 0.1) is 11.9 Å². The maximum Gasteiger partial charge on any atom is 0.234 e. The number of carbonyl (C=O) groups is 1. The number of benzene rings is 1. The zero-order chi connectivity index (χ0) is 20.3. The number of nitrogens with two attached hydrogens (primary N) is 1. The third-order valence-corrected chi connectivity index (χ3v) is 8.03. The Morgan fingerprint density at radius 1 is 1.36 bits per heavy atom. The van der Waals surface area contributed by atoms with E-state index in [9.17, 15) is 13.2 Å². The van der Waals surface area contributed by atoms with Crippen molar-refractivity contribution in [3.63, 3.8) is 0 Å². The van der Waals surface area contributed by atoms with Crippen LogP contribution in [0.2, 0.25) is 5.02 Å². The smallest absolute Gasteiger partial charge is 0.234 e. The number of amides is 1. The van der Waals surface area contributed by atoms with Gasteiger partial charge in [-0.3, -0.25) is 4.79 Å². The van der Waals surface area contributed by atoms with E-state index in [0.29, 0.717) is 10.7 Å². The molecule has 0 fully saturated rings. The highest BCUT2D eigenvalue weighted by Crippen LogP contribution is 2.28. The Kier molecular flexibility index (Phi) is 6.23. The van der Waals surface area contributed by atoms with Gasteiger partial charge in [-0.05, 0) is 36.1 Å². The summed E-state index contributed by atoms with van der Waals surface area (Å²) in [6.45, 7) is 1.87. The number of aryl methyl sites for hydroxylation is 1. The molecule has 1 aromatic carbocycles. The van der Waals surface area contributed by atoms with Gasteiger partial charge in [0.15, 0.2) is 5.16 Å². The van der Waals surface area contributed by atoms with Crippen molar-refractivity contribution in [3.8, 4) is 0 Å².